The Hall–Kier alpha value is -2.23. The van der Waals surface area contributed by atoms with Crippen molar-refractivity contribution >= 4 is 16.8 Å². The second-order valence-electron chi connectivity index (χ2n) is 6.46. The average molecular weight is 312 g/mol. The predicted octanol–water partition coefficient (Wildman–Crippen LogP) is 3.37. The predicted molar refractivity (Wildman–Crippen MR) is 93.2 cm³/mol. The lowest BCUT2D eigenvalue weighted by atomic mass is 9.81. The van der Waals surface area contributed by atoms with Gasteiger partial charge in [0.05, 0.1) is 7.11 Å². The summed E-state index contributed by atoms with van der Waals surface area (Å²) >= 11 is 0. The van der Waals surface area contributed by atoms with E-state index in [2.05, 4.69) is 41.8 Å². The molecule has 122 valence electrons. The molecule has 2 amide bonds. The highest BCUT2D eigenvalue weighted by molar-refractivity contribution is 5.90. The summed E-state index contributed by atoms with van der Waals surface area (Å²) in [6.45, 7) is 5.44. The van der Waals surface area contributed by atoms with Crippen LogP contribution in [0.2, 0.25) is 0 Å². The second kappa shape index (κ2) is 6.11. The first-order valence-electron chi connectivity index (χ1n) is 8.19. The highest BCUT2D eigenvalue weighted by atomic mass is 16.5. The number of amides is 2. The van der Waals surface area contributed by atoms with E-state index in [9.17, 15) is 4.79 Å². The van der Waals surface area contributed by atoms with Crippen LogP contribution in [0.5, 0.6) is 5.75 Å². The number of methoxy groups -OCH3 is 1. The van der Waals surface area contributed by atoms with Crippen molar-refractivity contribution in [2.45, 2.75) is 32.1 Å². The molecular formula is C19H24N2O2. The first kappa shape index (κ1) is 15.7. The minimum atomic E-state index is -0.0972. The summed E-state index contributed by atoms with van der Waals surface area (Å²) in [7, 11) is 1.69. The third-order valence-corrected chi connectivity index (χ3v) is 4.84. The monoisotopic (exact) mass is 312 g/mol. The number of hydrogen-bond donors (Lipinski definition) is 2. The Kier molecular flexibility index (Phi) is 4.16. The van der Waals surface area contributed by atoms with Crippen LogP contribution in [0.25, 0.3) is 10.8 Å². The Balaban J connectivity index is 1.99. The van der Waals surface area contributed by atoms with E-state index in [-0.39, 0.29) is 11.4 Å². The molecule has 1 atom stereocenters. The van der Waals surface area contributed by atoms with Gasteiger partial charge in [-0.25, -0.2) is 4.79 Å². The van der Waals surface area contributed by atoms with E-state index >= 15 is 0 Å². The van der Waals surface area contributed by atoms with Gasteiger partial charge in [0.2, 0.25) is 0 Å². The van der Waals surface area contributed by atoms with E-state index in [1.807, 2.05) is 13.0 Å². The Morgan fingerprint density at radius 3 is 2.78 bits per heavy atom. The van der Waals surface area contributed by atoms with Crippen LogP contribution in [0.15, 0.2) is 30.3 Å². The van der Waals surface area contributed by atoms with Gasteiger partial charge in [-0.1, -0.05) is 25.1 Å². The molecule has 0 radical (unpaired) electrons. The van der Waals surface area contributed by atoms with Gasteiger partial charge in [0.25, 0.3) is 0 Å². The zero-order chi connectivity index (χ0) is 16.4. The zero-order valence-electron chi connectivity index (χ0n) is 14.0. The van der Waals surface area contributed by atoms with Gasteiger partial charge < -0.3 is 15.4 Å². The molecule has 1 unspecified atom stereocenters. The number of carbonyl (C=O) groups is 1. The van der Waals surface area contributed by atoms with Crippen molar-refractivity contribution in [1.29, 1.82) is 0 Å². The number of carbonyl (C=O) groups excluding carboxylic acids is 1. The Morgan fingerprint density at radius 2 is 2.04 bits per heavy atom. The molecule has 0 saturated heterocycles. The van der Waals surface area contributed by atoms with E-state index in [4.69, 9.17) is 4.74 Å². The summed E-state index contributed by atoms with van der Waals surface area (Å²) in [5, 5.41) is 8.27. The molecule has 0 fully saturated rings. The summed E-state index contributed by atoms with van der Waals surface area (Å²) < 4.78 is 5.40. The maximum atomic E-state index is 11.8. The van der Waals surface area contributed by atoms with Crippen molar-refractivity contribution in [2.75, 3.05) is 20.2 Å². The number of hydrogen-bond acceptors (Lipinski definition) is 2. The van der Waals surface area contributed by atoms with E-state index in [0.717, 1.165) is 18.6 Å². The van der Waals surface area contributed by atoms with Gasteiger partial charge in [0, 0.05) is 18.5 Å². The van der Waals surface area contributed by atoms with Crippen molar-refractivity contribution < 1.29 is 9.53 Å². The Morgan fingerprint density at radius 1 is 1.26 bits per heavy atom. The third-order valence-electron chi connectivity index (χ3n) is 4.84. The summed E-state index contributed by atoms with van der Waals surface area (Å²) in [5.74, 6) is 0.872. The fourth-order valence-electron chi connectivity index (χ4n) is 3.60. The molecular weight excluding hydrogens is 288 g/mol. The SMILES string of the molecule is CCNC(=O)NCC1(C)CCc2ccc3ccc(OC)cc3c21. The third kappa shape index (κ3) is 2.85. The van der Waals surface area contributed by atoms with E-state index in [0.29, 0.717) is 13.1 Å². The van der Waals surface area contributed by atoms with Crippen molar-refractivity contribution in [3.63, 3.8) is 0 Å². The van der Waals surface area contributed by atoms with Crippen LogP contribution in [0.3, 0.4) is 0 Å². The number of benzene rings is 2. The highest BCUT2D eigenvalue weighted by Crippen LogP contribution is 2.43. The highest BCUT2D eigenvalue weighted by Gasteiger charge is 2.36. The van der Waals surface area contributed by atoms with Crippen LogP contribution in [-0.4, -0.2) is 26.2 Å². The van der Waals surface area contributed by atoms with Crippen LogP contribution in [0.4, 0.5) is 4.79 Å². The van der Waals surface area contributed by atoms with Crippen molar-refractivity contribution in [1.82, 2.24) is 10.6 Å². The topological polar surface area (TPSA) is 50.4 Å². The zero-order valence-corrected chi connectivity index (χ0v) is 14.0. The first-order valence-corrected chi connectivity index (χ1v) is 8.19. The first-order chi connectivity index (χ1) is 11.1. The number of nitrogens with one attached hydrogen (secondary N) is 2. The molecule has 1 aliphatic carbocycles. The standard InChI is InChI=1S/C19H24N2O2/c1-4-20-18(22)21-12-19(2)10-9-14-6-5-13-7-8-15(23-3)11-16(13)17(14)19/h5-8,11H,4,9-10,12H2,1-3H3,(H2,20,21,22). The average Bonchev–Trinajstić information content (AvgIpc) is 2.91. The fraction of sp³-hybridized carbons (Fsp3) is 0.421. The van der Waals surface area contributed by atoms with Gasteiger partial charge in [0.15, 0.2) is 0 Å². The Labute approximate surface area is 137 Å². The quantitative estimate of drug-likeness (QED) is 0.909. The second-order valence-corrected chi connectivity index (χ2v) is 6.46. The van der Waals surface area contributed by atoms with Crippen molar-refractivity contribution in [2.24, 2.45) is 0 Å². The molecule has 3 rings (SSSR count). The van der Waals surface area contributed by atoms with Gasteiger partial charge in [-0.3, -0.25) is 0 Å². The molecule has 23 heavy (non-hydrogen) atoms. The normalized spacial score (nSPS) is 19.4. The van der Waals surface area contributed by atoms with Gasteiger partial charge in [-0.15, -0.1) is 0 Å². The number of urea groups is 1. The van der Waals surface area contributed by atoms with Crippen LogP contribution in [0, 0.1) is 0 Å². The molecule has 2 aromatic carbocycles. The Bertz CT molecular complexity index is 741. The van der Waals surface area contributed by atoms with E-state index in [1.165, 1.54) is 21.9 Å². The summed E-state index contributed by atoms with van der Waals surface area (Å²) in [6.07, 6.45) is 2.10. The summed E-state index contributed by atoms with van der Waals surface area (Å²) in [6, 6.07) is 10.5. The van der Waals surface area contributed by atoms with Gasteiger partial charge >= 0.3 is 6.03 Å². The lowest BCUT2D eigenvalue weighted by Crippen LogP contribution is -2.42. The van der Waals surface area contributed by atoms with Crippen LogP contribution in [-0.2, 0) is 11.8 Å². The van der Waals surface area contributed by atoms with Crippen LogP contribution < -0.4 is 15.4 Å². The molecule has 1 aliphatic rings. The lowest BCUT2D eigenvalue weighted by Gasteiger charge is -2.27. The largest absolute Gasteiger partial charge is 0.497 e. The van der Waals surface area contributed by atoms with Crippen LogP contribution in [0.1, 0.15) is 31.4 Å². The molecule has 0 saturated carbocycles. The minimum absolute atomic E-state index is 0.0493. The van der Waals surface area contributed by atoms with Crippen molar-refractivity contribution in [3.05, 3.63) is 41.5 Å². The van der Waals surface area contributed by atoms with Gasteiger partial charge in [-0.2, -0.15) is 0 Å². The lowest BCUT2D eigenvalue weighted by molar-refractivity contribution is 0.238. The minimum Gasteiger partial charge on any atom is -0.497 e. The molecule has 0 aromatic heterocycles. The molecule has 2 aromatic rings. The van der Waals surface area contributed by atoms with Gasteiger partial charge in [-0.05, 0) is 53.8 Å². The molecule has 0 spiro atoms. The molecule has 2 N–H and O–H groups in total. The smallest absolute Gasteiger partial charge is 0.314 e. The fourth-order valence-corrected chi connectivity index (χ4v) is 3.60. The number of ether oxygens (including phenoxy) is 1. The van der Waals surface area contributed by atoms with Gasteiger partial charge in [0.1, 0.15) is 5.75 Å². The molecule has 4 nitrogen and oxygen atoms in total. The molecule has 0 heterocycles. The molecule has 4 heteroatoms. The summed E-state index contributed by atoms with van der Waals surface area (Å²) in [4.78, 5) is 11.8. The number of aryl methyl sites for hydroxylation is 1. The number of rotatable bonds is 4. The number of fused-ring (bicyclic) bond motifs is 3. The van der Waals surface area contributed by atoms with E-state index < -0.39 is 0 Å². The van der Waals surface area contributed by atoms with E-state index in [1.54, 1.807) is 7.11 Å². The maximum absolute atomic E-state index is 11.8. The van der Waals surface area contributed by atoms with Crippen LogP contribution >= 0.6 is 0 Å². The maximum Gasteiger partial charge on any atom is 0.314 e. The van der Waals surface area contributed by atoms with Crippen molar-refractivity contribution in [3.8, 4) is 5.75 Å². The summed E-state index contributed by atoms with van der Waals surface area (Å²) in [5.41, 5.74) is 2.68. The molecule has 0 aliphatic heterocycles. The molecule has 0 bridgehead atoms.